The largest absolute Gasteiger partial charge is 0.493 e. The monoisotopic (exact) mass is 377 g/mol. The van der Waals surface area contributed by atoms with Crippen LogP contribution in [0.15, 0.2) is 29.2 Å². The van der Waals surface area contributed by atoms with Crippen molar-refractivity contribution in [2.24, 2.45) is 11.8 Å². The summed E-state index contributed by atoms with van der Waals surface area (Å²) in [4.78, 5) is 27.3. The Bertz CT molecular complexity index is 680. The number of carbonyl (C=O) groups is 2. The Morgan fingerprint density at radius 3 is 2.23 bits per heavy atom. The molecule has 0 saturated carbocycles. The van der Waals surface area contributed by atoms with Crippen LogP contribution in [0, 0.1) is 11.8 Å². The van der Waals surface area contributed by atoms with E-state index in [0.29, 0.717) is 40.9 Å². The molecule has 1 N–H and O–H groups in total. The fourth-order valence-electron chi connectivity index (χ4n) is 2.60. The number of thioether (sulfide) groups is 1. The van der Waals surface area contributed by atoms with Crippen molar-refractivity contribution in [3.05, 3.63) is 34.7 Å². The zero-order chi connectivity index (χ0) is 19.3. The van der Waals surface area contributed by atoms with Crippen LogP contribution in [0.3, 0.4) is 0 Å². The van der Waals surface area contributed by atoms with Gasteiger partial charge in [-0.05, 0) is 29.5 Å². The number of rotatable bonds is 9. The molecular weight excluding hydrogens is 350 g/mol. The first-order chi connectivity index (χ1) is 12.3. The van der Waals surface area contributed by atoms with Crippen molar-refractivity contribution in [3.8, 4) is 5.75 Å². The van der Waals surface area contributed by atoms with Crippen LogP contribution in [0.4, 0.5) is 0 Å². The van der Waals surface area contributed by atoms with E-state index in [9.17, 15) is 9.59 Å². The Labute approximate surface area is 159 Å². The number of carbonyl (C=O) groups excluding carboxylic acids is 2. The summed E-state index contributed by atoms with van der Waals surface area (Å²) < 4.78 is 5.68. The molecule has 1 aromatic rings. The van der Waals surface area contributed by atoms with Crippen molar-refractivity contribution in [3.63, 3.8) is 0 Å². The van der Waals surface area contributed by atoms with Crippen LogP contribution in [0.25, 0.3) is 5.57 Å². The summed E-state index contributed by atoms with van der Waals surface area (Å²) in [5, 5.41) is 9.12. The van der Waals surface area contributed by atoms with Crippen LogP contribution < -0.4 is 4.74 Å². The predicted octanol–water partition coefficient (Wildman–Crippen LogP) is 3.18. The molecule has 1 aliphatic heterocycles. The highest BCUT2D eigenvalue weighted by molar-refractivity contribution is 8.04. The summed E-state index contributed by atoms with van der Waals surface area (Å²) in [5.74, 6) is 1.21. The average Bonchev–Trinajstić information content (AvgIpc) is 2.82. The maximum atomic E-state index is 12.9. The molecule has 5 nitrogen and oxygen atoms in total. The minimum Gasteiger partial charge on any atom is -0.493 e. The summed E-state index contributed by atoms with van der Waals surface area (Å²) in [6.07, 6.45) is 0. The standard InChI is InChI=1S/C20H27NO4S/c1-13(2)11-21-19(23)17(18(20(21)24)26-10-9-22)15-5-7-16(8-6-15)25-12-14(3)4/h5-8,13-14,22H,9-12H2,1-4H3. The Morgan fingerprint density at radius 2 is 1.69 bits per heavy atom. The molecule has 2 amide bonds. The van der Waals surface area contributed by atoms with E-state index in [4.69, 9.17) is 9.84 Å². The molecule has 0 spiro atoms. The fraction of sp³-hybridized carbons (Fsp3) is 0.500. The number of aliphatic hydroxyl groups is 1. The van der Waals surface area contributed by atoms with Crippen LogP contribution in [0.2, 0.25) is 0 Å². The van der Waals surface area contributed by atoms with E-state index in [1.54, 1.807) is 0 Å². The number of nitrogens with zero attached hydrogens (tertiary/aromatic N) is 1. The second-order valence-corrected chi connectivity index (χ2v) is 8.23. The van der Waals surface area contributed by atoms with Gasteiger partial charge in [-0.25, -0.2) is 0 Å². The molecule has 0 atom stereocenters. The summed E-state index contributed by atoms with van der Waals surface area (Å²) >= 11 is 1.23. The second-order valence-electron chi connectivity index (χ2n) is 7.12. The summed E-state index contributed by atoms with van der Waals surface area (Å²) in [6, 6.07) is 7.27. The molecule has 1 heterocycles. The van der Waals surface area contributed by atoms with Gasteiger partial charge in [-0.3, -0.25) is 14.5 Å². The van der Waals surface area contributed by atoms with Crippen LogP contribution in [-0.4, -0.2) is 47.3 Å². The van der Waals surface area contributed by atoms with E-state index in [2.05, 4.69) is 13.8 Å². The van der Waals surface area contributed by atoms with Crippen LogP contribution >= 0.6 is 11.8 Å². The van der Waals surface area contributed by atoms with Crippen molar-refractivity contribution in [2.45, 2.75) is 27.7 Å². The fourth-order valence-corrected chi connectivity index (χ4v) is 3.48. The molecule has 1 aromatic carbocycles. The molecule has 0 aromatic heterocycles. The summed E-state index contributed by atoms with van der Waals surface area (Å²) in [5.41, 5.74) is 1.12. The average molecular weight is 378 g/mol. The maximum Gasteiger partial charge on any atom is 0.267 e. The van der Waals surface area contributed by atoms with Gasteiger partial charge in [-0.1, -0.05) is 39.8 Å². The van der Waals surface area contributed by atoms with Crippen LogP contribution in [0.5, 0.6) is 5.75 Å². The first kappa shape index (κ1) is 20.5. The van der Waals surface area contributed by atoms with Crippen molar-refractivity contribution < 1.29 is 19.4 Å². The smallest absolute Gasteiger partial charge is 0.267 e. The lowest BCUT2D eigenvalue weighted by Crippen LogP contribution is -2.34. The Morgan fingerprint density at radius 1 is 1.04 bits per heavy atom. The topological polar surface area (TPSA) is 66.8 Å². The molecule has 0 saturated heterocycles. The molecule has 142 valence electrons. The third-order valence-corrected chi connectivity index (χ3v) is 4.79. The van der Waals surface area contributed by atoms with Gasteiger partial charge < -0.3 is 9.84 Å². The molecule has 1 aliphatic rings. The number of hydrogen-bond donors (Lipinski definition) is 1. The second kappa shape index (κ2) is 9.24. The van der Waals surface area contributed by atoms with Gasteiger partial charge in [-0.2, -0.15) is 0 Å². The van der Waals surface area contributed by atoms with Crippen molar-refractivity contribution >= 4 is 29.1 Å². The van der Waals surface area contributed by atoms with Gasteiger partial charge in [0.25, 0.3) is 11.8 Å². The highest BCUT2D eigenvalue weighted by Crippen LogP contribution is 2.36. The zero-order valence-electron chi connectivity index (χ0n) is 15.8. The third kappa shape index (κ3) is 4.89. The molecule has 0 unspecified atom stereocenters. The minimum absolute atomic E-state index is 0.0465. The Kier molecular flexibility index (Phi) is 7.29. The molecule has 0 bridgehead atoms. The zero-order valence-corrected chi connectivity index (χ0v) is 16.6. The number of aliphatic hydroxyl groups excluding tert-OH is 1. The lowest BCUT2D eigenvalue weighted by Gasteiger charge is -2.17. The van der Waals surface area contributed by atoms with Gasteiger partial charge in [0.05, 0.1) is 23.7 Å². The quantitative estimate of drug-likeness (QED) is 0.670. The van der Waals surface area contributed by atoms with Gasteiger partial charge >= 0.3 is 0 Å². The Balaban J connectivity index is 2.30. The summed E-state index contributed by atoms with van der Waals surface area (Å²) in [6.45, 7) is 9.07. The lowest BCUT2D eigenvalue weighted by atomic mass is 10.1. The van der Waals surface area contributed by atoms with Crippen molar-refractivity contribution in [1.29, 1.82) is 0 Å². The molecule has 2 rings (SSSR count). The first-order valence-corrected chi connectivity index (χ1v) is 9.91. The normalized spacial score (nSPS) is 15.0. The van der Waals surface area contributed by atoms with E-state index in [0.717, 1.165) is 5.75 Å². The van der Waals surface area contributed by atoms with Gasteiger partial charge in [-0.15, -0.1) is 11.8 Å². The number of hydrogen-bond acceptors (Lipinski definition) is 5. The number of ether oxygens (including phenoxy) is 1. The number of amides is 2. The molecule has 26 heavy (non-hydrogen) atoms. The van der Waals surface area contributed by atoms with E-state index in [1.165, 1.54) is 16.7 Å². The van der Waals surface area contributed by atoms with E-state index >= 15 is 0 Å². The van der Waals surface area contributed by atoms with Crippen LogP contribution in [0.1, 0.15) is 33.3 Å². The van der Waals surface area contributed by atoms with Gasteiger partial charge in [0.15, 0.2) is 0 Å². The van der Waals surface area contributed by atoms with Crippen molar-refractivity contribution in [2.75, 3.05) is 25.5 Å². The molecular formula is C20H27NO4S. The highest BCUT2D eigenvalue weighted by Gasteiger charge is 2.39. The predicted molar refractivity (Wildman–Crippen MR) is 105 cm³/mol. The van der Waals surface area contributed by atoms with Crippen molar-refractivity contribution in [1.82, 2.24) is 4.90 Å². The van der Waals surface area contributed by atoms with Gasteiger partial charge in [0, 0.05) is 12.3 Å². The van der Waals surface area contributed by atoms with E-state index in [1.807, 2.05) is 38.1 Å². The van der Waals surface area contributed by atoms with Gasteiger partial charge in [0.1, 0.15) is 5.75 Å². The minimum atomic E-state index is -0.266. The van der Waals surface area contributed by atoms with Gasteiger partial charge in [0.2, 0.25) is 0 Å². The maximum absolute atomic E-state index is 12.9. The van der Waals surface area contributed by atoms with E-state index in [-0.39, 0.29) is 24.3 Å². The molecule has 0 fully saturated rings. The molecule has 0 radical (unpaired) electrons. The SMILES string of the molecule is CC(C)COc1ccc(C2=C(SCCO)C(=O)N(CC(C)C)C2=O)cc1. The van der Waals surface area contributed by atoms with Crippen LogP contribution in [-0.2, 0) is 9.59 Å². The number of imide groups is 1. The highest BCUT2D eigenvalue weighted by atomic mass is 32.2. The number of benzene rings is 1. The van der Waals surface area contributed by atoms with E-state index < -0.39 is 0 Å². The lowest BCUT2D eigenvalue weighted by molar-refractivity contribution is -0.137. The summed E-state index contributed by atoms with van der Waals surface area (Å²) in [7, 11) is 0. The molecule has 6 heteroatoms. The molecule has 0 aliphatic carbocycles. The third-order valence-electron chi connectivity index (χ3n) is 3.74. The Hall–Kier alpha value is -1.79. The first-order valence-electron chi connectivity index (χ1n) is 8.92.